The summed E-state index contributed by atoms with van der Waals surface area (Å²) in [6, 6.07) is 0. The Balaban J connectivity index is 1.95. The second kappa shape index (κ2) is 6.78. The van der Waals surface area contributed by atoms with Crippen molar-refractivity contribution >= 4 is 5.97 Å². The van der Waals surface area contributed by atoms with Crippen LogP contribution in [0.15, 0.2) is 12.2 Å². The molecule has 0 aromatic heterocycles. The lowest BCUT2D eigenvalue weighted by Gasteiger charge is -2.32. The van der Waals surface area contributed by atoms with Crippen LogP contribution >= 0.6 is 0 Å². The van der Waals surface area contributed by atoms with Crippen LogP contribution in [0.25, 0.3) is 0 Å². The lowest BCUT2D eigenvalue weighted by Crippen LogP contribution is -2.35. The third-order valence-electron chi connectivity index (χ3n) is 5.59. The van der Waals surface area contributed by atoms with E-state index in [1.807, 2.05) is 0 Å². The molecule has 20 heavy (non-hydrogen) atoms. The summed E-state index contributed by atoms with van der Waals surface area (Å²) in [5.74, 6) is 1.36. The van der Waals surface area contributed by atoms with Gasteiger partial charge in [0, 0.05) is 0 Å². The van der Waals surface area contributed by atoms with Crippen molar-refractivity contribution in [2.24, 2.45) is 17.8 Å². The Hall–Kier alpha value is -0.790. The first kappa shape index (κ1) is 15.6. The van der Waals surface area contributed by atoms with Crippen LogP contribution in [0.3, 0.4) is 0 Å². The van der Waals surface area contributed by atoms with Crippen LogP contribution in [0.1, 0.15) is 72.1 Å². The Morgan fingerprint density at radius 2 is 2.05 bits per heavy atom. The van der Waals surface area contributed by atoms with E-state index in [0.717, 1.165) is 32.1 Å². The molecule has 0 radical (unpaired) electrons. The maximum atomic E-state index is 12.5. The molecule has 0 aromatic carbocycles. The largest absolute Gasteiger partial charge is 0.459 e. The number of carbonyl (C=O) groups excluding carboxylic acids is 1. The predicted octanol–water partition coefficient (Wildman–Crippen LogP) is 4.88. The van der Waals surface area contributed by atoms with Gasteiger partial charge in [0.05, 0.1) is 5.92 Å². The topological polar surface area (TPSA) is 26.3 Å². The molecule has 0 amide bonds. The third-order valence-corrected chi connectivity index (χ3v) is 5.59. The summed E-state index contributed by atoms with van der Waals surface area (Å²) in [7, 11) is 0. The van der Waals surface area contributed by atoms with Crippen LogP contribution in [0.5, 0.6) is 0 Å². The van der Waals surface area contributed by atoms with E-state index in [-0.39, 0.29) is 17.5 Å². The Labute approximate surface area is 124 Å². The average Bonchev–Trinajstić information content (AvgIpc) is 2.95. The molecule has 3 atom stereocenters. The fraction of sp³-hybridized carbons (Fsp3) is 0.833. The first-order chi connectivity index (χ1) is 9.60. The number of hydrogen-bond donors (Lipinski definition) is 0. The molecule has 3 unspecified atom stereocenters. The van der Waals surface area contributed by atoms with Gasteiger partial charge in [-0.25, -0.2) is 0 Å². The van der Waals surface area contributed by atoms with Crippen molar-refractivity contribution in [1.82, 2.24) is 0 Å². The zero-order valence-electron chi connectivity index (χ0n) is 13.4. The van der Waals surface area contributed by atoms with Gasteiger partial charge < -0.3 is 4.74 Å². The number of hydrogen-bond acceptors (Lipinski definition) is 2. The molecule has 114 valence electrons. The van der Waals surface area contributed by atoms with Crippen LogP contribution < -0.4 is 0 Å². The van der Waals surface area contributed by atoms with Gasteiger partial charge in [-0.2, -0.15) is 0 Å². The summed E-state index contributed by atoms with van der Waals surface area (Å²) in [6.45, 7) is 6.69. The fourth-order valence-electron chi connectivity index (χ4n) is 3.73. The lowest BCUT2D eigenvalue weighted by molar-refractivity contribution is -0.164. The van der Waals surface area contributed by atoms with Crippen molar-refractivity contribution in [1.29, 1.82) is 0 Å². The molecule has 2 heteroatoms. The van der Waals surface area contributed by atoms with Crippen molar-refractivity contribution in [2.75, 3.05) is 0 Å². The van der Waals surface area contributed by atoms with Crippen LogP contribution in [0, 0.1) is 17.8 Å². The highest BCUT2D eigenvalue weighted by Crippen LogP contribution is 2.38. The van der Waals surface area contributed by atoms with Crippen LogP contribution in [0.4, 0.5) is 0 Å². The van der Waals surface area contributed by atoms with E-state index >= 15 is 0 Å². The molecular formula is C18H30O2. The maximum absolute atomic E-state index is 12.5. The molecule has 2 nitrogen and oxygen atoms in total. The van der Waals surface area contributed by atoms with Crippen LogP contribution in [0.2, 0.25) is 0 Å². The van der Waals surface area contributed by atoms with Crippen molar-refractivity contribution < 1.29 is 9.53 Å². The Morgan fingerprint density at radius 3 is 2.65 bits per heavy atom. The molecule has 0 aromatic rings. The van der Waals surface area contributed by atoms with Crippen molar-refractivity contribution in [2.45, 2.75) is 77.7 Å². The number of allylic oxidation sites excluding steroid dienone is 1. The van der Waals surface area contributed by atoms with Gasteiger partial charge in [0.15, 0.2) is 0 Å². The normalized spacial score (nSPS) is 30.1. The highest BCUT2D eigenvalue weighted by molar-refractivity contribution is 5.75. The predicted molar refractivity (Wildman–Crippen MR) is 82.4 cm³/mol. The van der Waals surface area contributed by atoms with Crippen LogP contribution in [-0.4, -0.2) is 11.6 Å². The number of esters is 1. The van der Waals surface area contributed by atoms with E-state index in [2.05, 4.69) is 32.9 Å². The van der Waals surface area contributed by atoms with E-state index in [0.29, 0.717) is 11.8 Å². The number of rotatable bonds is 5. The molecule has 2 aliphatic rings. The minimum absolute atomic E-state index is 0.00762. The van der Waals surface area contributed by atoms with Crippen molar-refractivity contribution in [3.8, 4) is 0 Å². The van der Waals surface area contributed by atoms with Gasteiger partial charge >= 0.3 is 5.97 Å². The van der Waals surface area contributed by atoms with E-state index in [9.17, 15) is 4.79 Å². The quantitative estimate of drug-likeness (QED) is 0.529. The minimum atomic E-state index is -0.145. The van der Waals surface area contributed by atoms with Gasteiger partial charge in [-0.15, -0.1) is 0 Å². The summed E-state index contributed by atoms with van der Waals surface area (Å²) in [5, 5.41) is 0. The molecular weight excluding hydrogens is 248 g/mol. The van der Waals surface area contributed by atoms with Gasteiger partial charge in [0.1, 0.15) is 5.60 Å². The zero-order valence-corrected chi connectivity index (χ0v) is 13.4. The van der Waals surface area contributed by atoms with Gasteiger partial charge in [-0.05, 0) is 56.8 Å². The lowest BCUT2D eigenvalue weighted by atomic mass is 9.78. The molecule has 1 saturated carbocycles. The van der Waals surface area contributed by atoms with E-state index in [1.165, 1.54) is 19.3 Å². The van der Waals surface area contributed by atoms with E-state index < -0.39 is 0 Å². The highest BCUT2D eigenvalue weighted by Gasteiger charge is 2.38. The molecule has 0 aliphatic heterocycles. The fourth-order valence-corrected chi connectivity index (χ4v) is 3.73. The van der Waals surface area contributed by atoms with Gasteiger partial charge in [0.25, 0.3) is 0 Å². The summed E-state index contributed by atoms with van der Waals surface area (Å²) >= 11 is 0. The standard InChI is InChI=1S/C18H30O2/c1-4-14(3)15-9-8-10-16(13-15)17(19)20-18(5-2)11-6-7-12-18/h8,10,14-16H,4-7,9,11-13H2,1-3H3. The zero-order chi connectivity index (χ0) is 14.6. The van der Waals surface area contributed by atoms with E-state index in [4.69, 9.17) is 4.74 Å². The molecule has 0 heterocycles. The molecule has 0 N–H and O–H groups in total. The summed E-state index contributed by atoms with van der Waals surface area (Å²) in [4.78, 5) is 12.5. The first-order valence-electron chi connectivity index (χ1n) is 8.49. The molecule has 0 saturated heterocycles. The van der Waals surface area contributed by atoms with Gasteiger partial charge in [0.2, 0.25) is 0 Å². The Kier molecular flexibility index (Phi) is 5.29. The van der Waals surface area contributed by atoms with Gasteiger partial charge in [-0.3, -0.25) is 4.79 Å². The highest BCUT2D eigenvalue weighted by atomic mass is 16.6. The molecule has 2 aliphatic carbocycles. The second-order valence-corrected chi connectivity index (χ2v) is 6.82. The SMILES string of the molecule is CCC(C)C1CC=CC(C(=O)OC2(CC)CCCC2)C1. The van der Waals surface area contributed by atoms with Crippen molar-refractivity contribution in [3.63, 3.8) is 0 Å². The first-order valence-corrected chi connectivity index (χ1v) is 8.49. The smallest absolute Gasteiger partial charge is 0.313 e. The van der Waals surface area contributed by atoms with Crippen molar-refractivity contribution in [3.05, 3.63) is 12.2 Å². The Morgan fingerprint density at radius 1 is 1.35 bits per heavy atom. The average molecular weight is 278 g/mol. The molecule has 0 spiro atoms. The summed E-state index contributed by atoms with van der Waals surface area (Å²) in [6.07, 6.45) is 13.1. The van der Waals surface area contributed by atoms with Gasteiger partial charge in [-0.1, -0.05) is 39.3 Å². The number of ether oxygens (including phenoxy) is 1. The number of carbonyl (C=O) groups is 1. The maximum Gasteiger partial charge on any atom is 0.313 e. The minimum Gasteiger partial charge on any atom is -0.459 e. The second-order valence-electron chi connectivity index (χ2n) is 6.82. The monoisotopic (exact) mass is 278 g/mol. The third kappa shape index (κ3) is 3.45. The molecule has 0 bridgehead atoms. The summed E-state index contributed by atoms with van der Waals surface area (Å²) in [5.41, 5.74) is -0.145. The Bertz CT molecular complexity index is 352. The molecule has 2 rings (SSSR count). The van der Waals surface area contributed by atoms with E-state index in [1.54, 1.807) is 0 Å². The van der Waals surface area contributed by atoms with Crippen LogP contribution in [-0.2, 0) is 9.53 Å². The summed E-state index contributed by atoms with van der Waals surface area (Å²) < 4.78 is 5.96. The molecule has 1 fully saturated rings.